The van der Waals surface area contributed by atoms with Gasteiger partial charge in [0.25, 0.3) is 0 Å². The number of aromatic nitrogens is 1. The quantitative estimate of drug-likeness (QED) is 0.349. The van der Waals surface area contributed by atoms with Crippen molar-refractivity contribution in [2.24, 2.45) is 0 Å². The van der Waals surface area contributed by atoms with Crippen molar-refractivity contribution in [3.05, 3.63) is 94.7 Å². The summed E-state index contributed by atoms with van der Waals surface area (Å²) in [6.45, 7) is 4.69. The second-order valence-corrected chi connectivity index (χ2v) is 8.91. The number of fused-ring (bicyclic) bond motifs is 3. The zero-order valence-corrected chi connectivity index (χ0v) is 20.6. The van der Waals surface area contributed by atoms with Crippen molar-refractivity contribution in [2.45, 2.75) is 26.3 Å². The summed E-state index contributed by atoms with van der Waals surface area (Å²) in [4.78, 5) is 30.9. The molecule has 0 saturated heterocycles. The molecule has 4 aromatic rings. The summed E-state index contributed by atoms with van der Waals surface area (Å²) in [7, 11) is 1.67. The molecule has 2 N–H and O–H groups in total. The van der Waals surface area contributed by atoms with Gasteiger partial charge in [0.1, 0.15) is 5.75 Å². The van der Waals surface area contributed by atoms with Crippen LogP contribution < -0.4 is 10.1 Å². The average molecular weight is 484 g/mol. The van der Waals surface area contributed by atoms with Crippen LogP contribution in [-0.2, 0) is 11.2 Å². The molecule has 2 heterocycles. The summed E-state index contributed by atoms with van der Waals surface area (Å²) in [6.07, 6.45) is 0.722. The third kappa shape index (κ3) is 4.40. The van der Waals surface area contributed by atoms with Crippen LogP contribution >= 0.6 is 0 Å². The molecule has 7 nitrogen and oxygen atoms in total. The number of rotatable bonds is 5. The molecule has 2 amide bonds. The Morgan fingerprint density at radius 3 is 2.50 bits per heavy atom. The lowest BCUT2D eigenvalue weighted by molar-refractivity contribution is 0.0526. The topological polar surface area (TPSA) is 83.7 Å². The van der Waals surface area contributed by atoms with E-state index < -0.39 is 0 Å². The first kappa shape index (κ1) is 23.5. The van der Waals surface area contributed by atoms with Crippen molar-refractivity contribution in [1.82, 2.24) is 9.88 Å². The number of aryl methyl sites for hydroxylation is 1. The number of esters is 1. The molecule has 36 heavy (non-hydrogen) atoms. The Morgan fingerprint density at radius 1 is 1.06 bits per heavy atom. The van der Waals surface area contributed by atoms with Gasteiger partial charge in [-0.2, -0.15) is 0 Å². The number of nitrogens with zero attached hydrogens (tertiary/aromatic N) is 1. The molecule has 0 saturated carbocycles. The second-order valence-electron chi connectivity index (χ2n) is 8.91. The number of nitrogens with one attached hydrogen (secondary N) is 2. The summed E-state index contributed by atoms with van der Waals surface area (Å²) in [5.74, 6) is 0.427. The number of H-pyrrole nitrogens is 1. The van der Waals surface area contributed by atoms with Crippen molar-refractivity contribution in [3.8, 4) is 5.75 Å². The van der Waals surface area contributed by atoms with E-state index in [2.05, 4.69) is 47.6 Å². The molecule has 184 valence electrons. The molecule has 1 atom stereocenters. The highest BCUT2D eigenvalue weighted by Gasteiger charge is 2.34. The van der Waals surface area contributed by atoms with Crippen LogP contribution in [-0.4, -0.2) is 42.1 Å². The number of aromatic amines is 1. The highest BCUT2D eigenvalue weighted by Crippen LogP contribution is 2.39. The fourth-order valence-corrected chi connectivity index (χ4v) is 4.81. The Morgan fingerprint density at radius 2 is 1.81 bits per heavy atom. The summed E-state index contributed by atoms with van der Waals surface area (Å²) in [5, 5.41) is 4.13. The molecule has 3 aromatic carbocycles. The lowest BCUT2D eigenvalue weighted by Crippen LogP contribution is -2.43. The molecule has 1 aliphatic heterocycles. The van der Waals surface area contributed by atoms with Crippen molar-refractivity contribution in [3.63, 3.8) is 0 Å². The molecule has 0 fully saturated rings. The van der Waals surface area contributed by atoms with Crippen LogP contribution in [0.4, 0.5) is 10.5 Å². The largest absolute Gasteiger partial charge is 0.497 e. The zero-order valence-electron chi connectivity index (χ0n) is 20.6. The highest BCUT2D eigenvalue weighted by atomic mass is 16.5. The fourth-order valence-electron chi connectivity index (χ4n) is 4.81. The van der Waals surface area contributed by atoms with Gasteiger partial charge in [0, 0.05) is 28.8 Å². The van der Waals surface area contributed by atoms with Crippen LogP contribution in [0.2, 0.25) is 0 Å². The van der Waals surface area contributed by atoms with E-state index >= 15 is 0 Å². The van der Waals surface area contributed by atoms with E-state index in [0.717, 1.165) is 39.9 Å². The van der Waals surface area contributed by atoms with Crippen molar-refractivity contribution >= 4 is 28.6 Å². The Hall–Kier alpha value is -4.26. The first-order valence-corrected chi connectivity index (χ1v) is 12.1. The number of carbonyl (C=O) groups is 2. The van der Waals surface area contributed by atoms with Gasteiger partial charge in [0.2, 0.25) is 0 Å². The number of methoxy groups -OCH3 is 1. The van der Waals surface area contributed by atoms with Crippen LogP contribution in [0.25, 0.3) is 10.9 Å². The lowest BCUT2D eigenvalue weighted by atomic mass is 9.92. The zero-order chi connectivity index (χ0) is 25.2. The van der Waals surface area contributed by atoms with Gasteiger partial charge in [-0.25, -0.2) is 9.59 Å². The van der Waals surface area contributed by atoms with E-state index in [4.69, 9.17) is 9.47 Å². The molecular weight excluding hydrogens is 454 g/mol. The number of benzene rings is 3. The molecule has 1 aliphatic rings. The van der Waals surface area contributed by atoms with Crippen molar-refractivity contribution in [2.75, 3.05) is 25.6 Å². The van der Waals surface area contributed by atoms with E-state index in [0.29, 0.717) is 24.4 Å². The smallest absolute Gasteiger partial charge is 0.338 e. The predicted octanol–water partition coefficient (Wildman–Crippen LogP) is 5.84. The van der Waals surface area contributed by atoms with Crippen LogP contribution in [0.5, 0.6) is 5.75 Å². The summed E-state index contributed by atoms with van der Waals surface area (Å²) in [5.41, 5.74) is 6.50. The Labute approximate surface area is 210 Å². The number of carbonyl (C=O) groups excluding carboxylic acids is 2. The van der Waals surface area contributed by atoms with Crippen molar-refractivity contribution < 1.29 is 19.1 Å². The molecule has 0 bridgehead atoms. The number of hydrogen-bond donors (Lipinski definition) is 2. The average Bonchev–Trinajstić information content (AvgIpc) is 3.27. The number of hydrogen-bond acceptors (Lipinski definition) is 4. The third-order valence-corrected chi connectivity index (χ3v) is 6.64. The monoisotopic (exact) mass is 483 g/mol. The van der Waals surface area contributed by atoms with Gasteiger partial charge >= 0.3 is 12.0 Å². The molecule has 1 unspecified atom stereocenters. The van der Waals surface area contributed by atoms with Gasteiger partial charge in [-0.05, 0) is 73.9 Å². The van der Waals surface area contributed by atoms with E-state index in [1.807, 2.05) is 17.0 Å². The minimum Gasteiger partial charge on any atom is -0.497 e. The highest BCUT2D eigenvalue weighted by molar-refractivity contribution is 5.93. The van der Waals surface area contributed by atoms with Gasteiger partial charge in [-0.3, -0.25) is 0 Å². The normalized spacial score (nSPS) is 14.9. The number of amides is 2. The number of ether oxygens (including phenoxy) is 2. The maximum Gasteiger partial charge on any atom is 0.338 e. The van der Waals surface area contributed by atoms with Crippen LogP contribution in [0.1, 0.15) is 45.7 Å². The fraction of sp³-hybridized carbons (Fsp3) is 0.241. The summed E-state index contributed by atoms with van der Waals surface area (Å²) >= 11 is 0. The molecule has 5 rings (SSSR count). The standard InChI is InChI=1S/C29H29N3O4/c1-4-36-28(33)20-9-11-21(12-10-20)30-29(34)32-16-15-23-24-17-22(35-3)13-14-25(24)31-26(23)27(32)19-7-5-18(2)6-8-19/h5-14,17,27,31H,4,15-16H2,1-3H3,(H,30,34). The summed E-state index contributed by atoms with van der Waals surface area (Å²) < 4.78 is 10.5. The van der Waals surface area contributed by atoms with Gasteiger partial charge in [0.05, 0.1) is 25.3 Å². The van der Waals surface area contributed by atoms with Gasteiger partial charge in [0.15, 0.2) is 0 Å². The maximum atomic E-state index is 13.6. The first-order valence-electron chi connectivity index (χ1n) is 12.1. The molecular formula is C29H29N3O4. The van der Waals surface area contributed by atoms with Crippen LogP contribution in [0.3, 0.4) is 0 Å². The lowest BCUT2D eigenvalue weighted by Gasteiger charge is -2.36. The number of urea groups is 1. The van der Waals surface area contributed by atoms with E-state index in [1.54, 1.807) is 38.3 Å². The Balaban J connectivity index is 1.48. The van der Waals surface area contributed by atoms with Crippen LogP contribution in [0.15, 0.2) is 66.7 Å². The molecule has 0 spiro atoms. The molecule has 0 aliphatic carbocycles. The van der Waals surface area contributed by atoms with Gasteiger partial charge in [-0.1, -0.05) is 29.8 Å². The molecule has 1 aromatic heterocycles. The van der Waals surface area contributed by atoms with Gasteiger partial charge < -0.3 is 24.7 Å². The number of anilines is 1. The minimum absolute atomic E-state index is 0.202. The van der Waals surface area contributed by atoms with Crippen LogP contribution in [0, 0.1) is 6.92 Å². The molecule has 0 radical (unpaired) electrons. The predicted molar refractivity (Wildman–Crippen MR) is 140 cm³/mol. The van der Waals surface area contributed by atoms with E-state index in [1.165, 1.54) is 5.56 Å². The van der Waals surface area contributed by atoms with E-state index in [9.17, 15) is 9.59 Å². The SMILES string of the molecule is CCOC(=O)c1ccc(NC(=O)N2CCc3c([nH]c4ccc(OC)cc34)C2c2ccc(C)cc2)cc1. The Kier molecular flexibility index (Phi) is 6.38. The second kappa shape index (κ2) is 9.77. The van der Waals surface area contributed by atoms with Gasteiger partial charge in [-0.15, -0.1) is 0 Å². The first-order chi connectivity index (χ1) is 17.5. The minimum atomic E-state index is -0.381. The van der Waals surface area contributed by atoms with E-state index in [-0.39, 0.29) is 18.0 Å². The maximum absolute atomic E-state index is 13.6. The third-order valence-electron chi connectivity index (χ3n) is 6.64. The van der Waals surface area contributed by atoms with Crippen molar-refractivity contribution in [1.29, 1.82) is 0 Å². The molecule has 7 heteroatoms. The Bertz CT molecular complexity index is 1410. The summed E-state index contributed by atoms with van der Waals surface area (Å²) in [6, 6.07) is 20.6.